The van der Waals surface area contributed by atoms with Crippen molar-refractivity contribution in [2.24, 2.45) is 0 Å². The molecule has 9 heteroatoms. The van der Waals surface area contributed by atoms with Crippen LogP contribution in [0.25, 0.3) is 17.7 Å². The lowest BCUT2D eigenvalue weighted by atomic mass is 9.90. The fourth-order valence-electron chi connectivity index (χ4n) is 4.08. The van der Waals surface area contributed by atoms with Crippen LogP contribution in [0.2, 0.25) is 0 Å². The van der Waals surface area contributed by atoms with Gasteiger partial charge in [0.05, 0.1) is 28.4 Å². The number of para-hydroxylation sites is 1. The number of carbonyl (C=O) groups is 1. The van der Waals surface area contributed by atoms with Gasteiger partial charge in [0.15, 0.2) is 18.1 Å². The molecule has 0 amide bonds. The molecule has 0 aliphatic carbocycles. The molecule has 0 saturated carbocycles. The second-order valence-corrected chi connectivity index (χ2v) is 8.25. The molecule has 2 N–H and O–H groups in total. The number of fused-ring (bicyclic) bond motifs is 4. The molecule has 1 unspecified atom stereocenters. The van der Waals surface area contributed by atoms with Gasteiger partial charge in [-0.05, 0) is 36.4 Å². The molecule has 3 aromatic carbocycles. The molecule has 9 nitrogen and oxygen atoms in total. The van der Waals surface area contributed by atoms with Crippen LogP contribution in [-0.4, -0.2) is 57.0 Å². The van der Waals surface area contributed by atoms with Crippen LogP contribution in [0.3, 0.4) is 0 Å². The van der Waals surface area contributed by atoms with Gasteiger partial charge in [-0.1, -0.05) is 18.2 Å². The first-order valence-electron chi connectivity index (χ1n) is 11.6. The number of methoxy groups -OCH3 is 4. The largest absolute Gasteiger partial charge is 0.497 e. The first-order chi connectivity index (χ1) is 18.3. The van der Waals surface area contributed by atoms with Crippen molar-refractivity contribution >= 4 is 23.7 Å². The molecule has 0 spiro atoms. The summed E-state index contributed by atoms with van der Waals surface area (Å²) < 4.78 is 32.5. The van der Waals surface area contributed by atoms with Crippen molar-refractivity contribution in [3.63, 3.8) is 0 Å². The average molecular weight is 521 g/mol. The van der Waals surface area contributed by atoms with E-state index in [1.54, 1.807) is 58.8 Å². The van der Waals surface area contributed by atoms with E-state index in [9.17, 15) is 9.90 Å². The Bertz CT molecular complexity index is 1390. The zero-order valence-electron chi connectivity index (χ0n) is 21.4. The quantitative estimate of drug-likeness (QED) is 0.453. The highest BCUT2D eigenvalue weighted by Crippen LogP contribution is 2.49. The highest BCUT2D eigenvalue weighted by molar-refractivity contribution is 5.92. The summed E-state index contributed by atoms with van der Waals surface area (Å²) in [4.78, 5) is 10.2. The van der Waals surface area contributed by atoms with E-state index in [0.717, 1.165) is 17.2 Å². The van der Waals surface area contributed by atoms with E-state index in [0.29, 0.717) is 45.6 Å². The van der Waals surface area contributed by atoms with Gasteiger partial charge in [-0.3, -0.25) is 0 Å². The first kappa shape index (κ1) is 26.4. The number of carboxylic acids is 1. The molecule has 5 rings (SSSR count). The van der Waals surface area contributed by atoms with E-state index in [2.05, 4.69) is 0 Å². The predicted molar refractivity (Wildman–Crippen MR) is 141 cm³/mol. The third-order valence-corrected chi connectivity index (χ3v) is 5.96. The van der Waals surface area contributed by atoms with Gasteiger partial charge in [0.2, 0.25) is 0 Å². The van der Waals surface area contributed by atoms with E-state index in [1.165, 1.54) is 6.08 Å². The normalized spacial score (nSPS) is 16.7. The van der Waals surface area contributed by atoms with Gasteiger partial charge in [0, 0.05) is 40.5 Å². The number of benzene rings is 3. The number of hydrogen-bond donors (Lipinski definition) is 2. The van der Waals surface area contributed by atoms with Gasteiger partial charge in [-0.25, -0.2) is 4.79 Å². The molecule has 38 heavy (non-hydrogen) atoms. The Kier molecular flexibility index (Phi) is 7.78. The van der Waals surface area contributed by atoms with Gasteiger partial charge in [-0.15, -0.1) is 0 Å². The second kappa shape index (κ2) is 11.2. The number of hydrogen-bond acceptors (Lipinski definition) is 8. The minimum Gasteiger partial charge on any atom is -0.497 e. The SMILES string of the molecule is COc1ccc2c(c1)OC1(O)COc3cc(OC)c(OC)cc3C1=C2.COc1ccccc1C=CC(=O)O. The Morgan fingerprint density at radius 3 is 2.29 bits per heavy atom. The lowest BCUT2D eigenvalue weighted by molar-refractivity contribution is -0.131. The lowest BCUT2D eigenvalue weighted by Crippen LogP contribution is -2.47. The smallest absolute Gasteiger partial charge is 0.328 e. The molecule has 198 valence electrons. The van der Waals surface area contributed by atoms with Crippen LogP contribution in [0.15, 0.2) is 60.7 Å². The van der Waals surface area contributed by atoms with Crippen molar-refractivity contribution in [3.05, 3.63) is 77.4 Å². The Morgan fingerprint density at radius 2 is 1.61 bits per heavy atom. The third-order valence-electron chi connectivity index (χ3n) is 5.96. The highest BCUT2D eigenvalue weighted by atomic mass is 16.7. The monoisotopic (exact) mass is 520 g/mol. The molecule has 1 atom stereocenters. The summed E-state index contributed by atoms with van der Waals surface area (Å²) in [5.41, 5.74) is 2.93. The number of rotatable bonds is 6. The van der Waals surface area contributed by atoms with Crippen LogP contribution < -0.4 is 28.4 Å². The van der Waals surface area contributed by atoms with Crippen LogP contribution in [-0.2, 0) is 4.79 Å². The van der Waals surface area contributed by atoms with Crippen molar-refractivity contribution in [1.29, 1.82) is 0 Å². The summed E-state index contributed by atoms with van der Waals surface area (Å²) in [6, 6.07) is 16.2. The highest BCUT2D eigenvalue weighted by Gasteiger charge is 2.44. The molecule has 0 bridgehead atoms. The maximum atomic E-state index is 11.0. The lowest BCUT2D eigenvalue weighted by Gasteiger charge is -2.39. The van der Waals surface area contributed by atoms with E-state index >= 15 is 0 Å². The molecule has 3 aromatic rings. The fraction of sp³-hybridized carbons (Fsp3) is 0.207. The van der Waals surface area contributed by atoms with Crippen molar-refractivity contribution in [1.82, 2.24) is 0 Å². The average Bonchev–Trinajstić information content (AvgIpc) is 2.94. The molecule has 0 saturated heterocycles. The topological polar surface area (TPSA) is 113 Å². The molecule has 0 radical (unpaired) electrons. The maximum absolute atomic E-state index is 11.0. The van der Waals surface area contributed by atoms with E-state index in [1.807, 2.05) is 30.3 Å². The zero-order chi connectivity index (χ0) is 27.3. The molecule has 2 heterocycles. The minimum atomic E-state index is -1.58. The van der Waals surface area contributed by atoms with Crippen LogP contribution in [0, 0.1) is 0 Å². The standard InChI is InChI=1S/C19H18O6.C10H10O3/c1-21-12-5-4-11-6-14-13-8-17(22-2)18(23-3)9-16(13)24-10-19(14,20)25-15(11)7-12;1-13-9-5-3-2-4-8(9)6-7-10(11)12/h4-9,20H,10H2,1-3H3;2-7H,1H3,(H,11,12). The molecular weight excluding hydrogens is 492 g/mol. The number of aliphatic hydroxyl groups is 1. The predicted octanol–water partition coefficient (Wildman–Crippen LogP) is 4.52. The van der Waals surface area contributed by atoms with E-state index in [4.69, 9.17) is 33.5 Å². The Morgan fingerprint density at radius 1 is 0.895 bits per heavy atom. The minimum absolute atomic E-state index is 0.0298. The molecule has 0 fully saturated rings. The number of ether oxygens (including phenoxy) is 6. The summed E-state index contributed by atoms with van der Waals surface area (Å²) in [6.07, 6.45) is 4.48. The molecule has 0 aromatic heterocycles. The van der Waals surface area contributed by atoms with Crippen molar-refractivity contribution in [2.45, 2.75) is 5.79 Å². The third kappa shape index (κ3) is 5.37. The summed E-state index contributed by atoms with van der Waals surface area (Å²) in [5, 5.41) is 19.4. The van der Waals surface area contributed by atoms with Crippen molar-refractivity contribution in [2.75, 3.05) is 35.0 Å². The van der Waals surface area contributed by atoms with Crippen molar-refractivity contribution in [3.8, 4) is 34.5 Å². The Balaban J connectivity index is 0.000000219. The van der Waals surface area contributed by atoms with Gasteiger partial charge in [0.1, 0.15) is 23.0 Å². The van der Waals surface area contributed by atoms with Gasteiger partial charge < -0.3 is 38.6 Å². The summed E-state index contributed by atoms with van der Waals surface area (Å²) >= 11 is 0. The van der Waals surface area contributed by atoms with E-state index in [-0.39, 0.29) is 6.61 Å². The van der Waals surface area contributed by atoms with Gasteiger partial charge >= 0.3 is 5.97 Å². The summed E-state index contributed by atoms with van der Waals surface area (Å²) in [5.74, 6) is 1.04. The van der Waals surface area contributed by atoms with Crippen LogP contribution in [0.1, 0.15) is 16.7 Å². The molecular formula is C29H28O9. The molecule has 2 aliphatic rings. The Hall–Kier alpha value is -4.63. The van der Waals surface area contributed by atoms with E-state index < -0.39 is 11.8 Å². The van der Waals surface area contributed by atoms with Gasteiger partial charge in [-0.2, -0.15) is 0 Å². The van der Waals surface area contributed by atoms with Crippen LogP contribution >= 0.6 is 0 Å². The summed E-state index contributed by atoms with van der Waals surface area (Å²) in [6.45, 7) is -0.0298. The fourth-order valence-corrected chi connectivity index (χ4v) is 4.08. The number of aliphatic carboxylic acids is 1. The van der Waals surface area contributed by atoms with Gasteiger partial charge in [0.25, 0.3) is 5.79 Å². The first-order valence-corrected chi connectivity index (χ1v) is 11.6. The van der Waals surface area contributed by atoms with Crippen LogP contribution in [0.4, 0.5) is 0 Å². The second-order valence-electron chi connectivity index (χ2n) is 8.25. The zero-order valence-corrected chi connectivity index (χ0v) is 21.4. The van der Waals surface area contributed by atoms with Crippen LogP contribution in [0.5, 0.6) is 34.5 Å². The summed E-state index contributed by atoms with van der Waals surface area (Å²) in [7, 11) is 6.26. The number of carboxylic acid groups (broad SMARTS) is 1. The Labute approximate surface area is 220 Å². The van der Waals surface area contributed by atoms with Crippen molar-refractivity contribution < 1.29 is 43.4 Å². The maximum Gasteiger partial charge on any atom is 0.328 e. The molecule has 2 aliphatic heterocycles.